The Kier molecular flexibility index (Phi) is 4.27. The summed E-state index contributed by atoms with van der Waals surface area (Å²) in [6, 6.07) is 4.14. The lowest BCUT2D eigenvalue weighted by Gasteiger charge is -2.22. The van der Waals surface area contributed by atoms with Crippen LogP contribution >= 0.6 is 0 Å². The van der Waals surface area contributed by atoms with E-state index in [0.29, 0.717) is 18.7 Å². The first-order chi connectivity index (χ1) is 9.85. The van der Waals surface area contributed by atoms with Crippen LogP contribution in [0, 0.1) is 11.2 Å². The van der Waals surface area contributed by atoms with Gasteiger partial charge in [0.1, 0.15) is 5.82 Å². The number of carboxylic acid groups (broad SMARTS) is 1. The van der Waals surface area contributed by atoms with Crippen LogP contribution < -0.4 is 5.32 Å². The molecular weight excluding hydrogens is 275 g/mol. The fourth-order valence-electron chi connectivity index (χ4n) is 2.77. The topological polar surface area (TPSA) is 69.6 Å². The molecule has 1 aliphatic rings. The van der Waals surface area contributed by atoms with Crippen molar-refractivity contribution in [2.45, 2.75) is 19.9 Å². The number of carboxylic acids is 1. The molecule has 0 saturated carbocycles. The number of benzene rings is 1. The molecule has 2 N–H and O–H groups in total. The van der Waals surface area contributed by atoms with Gasteiger partial charge < -0.3 is 10.4 Å². The molecule has 0 radical (unpaired) electrons. The number of hydrogen-bond acceptors (Lipinski definition) is 3. The molecule has 0 bridgehead atoms. The van der Waals surface area contributed by atoms with Gasteiger partial charge in [-0.15, -0.1) is 0 Å². The Balaban J connectivity index is 2.05. The number of carbonyl (C=O) groups is 2. The van der Waals surface area contributed by atoms with E-state index >= 15 is 0 Å². The van der Waals surface area contributed by atoms with Crippen LogP contribution in [0.4, 0.5) is 4.39 Å². The number of carbonyl (C=O) groups excluding carboxylic acids is 1. The Bertz CT molecular complexity index is 576. The molecule has 0 aliphatic carbocycles. The van der Waals surface area contributed by atoms with Crippen molar-refractivity contribution in [2.24, 2.45) is 5.41 Å². The highest BCUT2D eigenvalue weighted by atomic mass is 19.1. The molecule has 2 rings (SSSR count). The second kappa shape index (κ2) is 5.81. The van der Waals surface area contributed by atoms with E-state index in [0.717, 1.165) is 13.0 Å². The molecule has 21 heavy (non-hydrogen) atoms. The Morgan fingerprint density at radius 2 is 2.19 bits per heavy atom. The predicted octanol–water partition coefficient (Wildman–Crippen LogP) is 1.48. The van der Waals surface area contributed by atoms with Crippen molar-refractivity contribution in [2.75, 3.05) is 20.1 Å². The molecule has 5 nitrogen and oxygen atoms in total. The lowest BCUT2D eigenvalue weighted by molar-refractivity contribution is -0.129. The van der Waals surface area contributed by atoms with Gasteiger partial charge in [-0.25, -0.2) is 9.18 Å². The Morgan fingerprint density at radius 3 is 2.76 bits per heavy atom. The zero-order valence-electron chi connectivity index (χ0n) is 12.1. The third-order valence-electron chi connectivity index (χ3n) is 4.00. The third kappa shape index (κ3) is 3.21. The fraction of sp³-hybridized carbons (Fsp3) is 0.467. The number of rotatable bonds is 4. The molecule has 0 aromatic heterocycles. The second-order valence-electron chi connectivity index (χ2n) is 5.72. The van der Waals surface area contributed by atoms with Crippen LogP contribution in [0.2, 0.25) is 0 Å². The number of nitrogens with zero attached hydrogens (tertiary/aromatic N) is 1. The zero-order valence-corrected chi connectivity index (χ0v) is 12.1. The van der Waals surface area contributed by atoms with Crippen LogP contribution in [0.25, 0.3) is 0 Å². The molecule has 1 aliphatic heterocycles. The Hall–Kier alpha value is -1.95. The number of halogens is 1. The molecule has 1 amide bonds. The highest BCUT2D eigenvalue weighted by molar-refractivity contribution is 5.87. The molecule has 1 fully saturated rings. The lowest BCUT2D eigenvalue weighted by atomic mass is 9.89. The monoisotopic (exact) mass is 294 g/mol. The fourth-order valence-corrected chi connectivity index (χ4v) is 2.77. The van der Waals surface area contributed by atoms with Crippen molar-refractivity contribution < 1.29 is 19.1 Å². The summed E-state index contributed by atoms with van der Waals surface area (Å²) in [6.07, 6.45) is 0.752. The summed E-state index contributed by atoms with van der Waals surface area (Å²) in [5.74, 6) is -1.99. The maximum Gasteiger partial charge on any atom is 0.338 e. The highest BCUT2D eigenvalue weighted by Gasteiger charge is 2.39. The van der Waals surface area contributed by atoms with E-state index < -0.39 is 17.2 Å². The largest absolute Gasteiger partial charge is 0.478 e. The molecule has 0 spiro atoms. The van der Waals surface area contributed by atoms with Crippen molar-refractivity contribution in [3.63, 3.8) is 0 Å². The van der Waals surface area contributed by atoms with E-state index in [1.54, 1.807) is 13.1 Å². The maximum atomic E-state index is 13.6. The first kappa shape index (κ1) is 15.4. The minimum Gasteiger partial charge on any atom is -0.478 e. The van der Waals surface area contributed by atoms with E-state index in [1.807, 2.05) is 6.92 Å². The maximum absolute atomic E-state index is 13.6. The first-order valence-electron chi connectivity index (χ1n) is 6.82. The summed E-state index contributed by atoms with van der Waals surface area (Å²) < 4.78 is 13.6. The van der Waals surface area contributed by atoms with Gasteiger partial charge in [-0.05, 0) is 37.6 Å². The van der Waals surface area contributed by atoms with Crippen LogP contribution in [0.5, 0.6) is 0 Å². The minimum absolute atomic E-state index is 0.0115. The van der Waals surface area contributed by atoms with Crippen LogP contribution in [0.3, 0.4) is 0 Å². The second-order valence-corrected chi connectivity index (χ2v) is 5.72. The van der Waals surface area contributed by atoms with Crippen molar-refractivity contribution in [1.82, 2.24) is 10.2 Å². The SMILES string of the molecule is CNC(=O)C1(C)CCN(Cc2ccc(C(=O)O)c(F)c2)C1. The van der Waals surface area contributed by atoms with E-state index in [-0.39, 0.29) is 11.5 Å². The van der Waals surface area contributed by atoms with Gasteiger partial charge >= 0.3 is 5.97 Å². The van der Waals surface area contributed by atoms with E-state index in [9.17, 15) is 14.0 Å². The molecule has 1 aromatic carbocycles. The molecule has 6 heteroatoms. The number of nitrogens with one attached hydrogen (secondary N) is 1. The summed E-state index contributed by atoms with van der Waals surface area (Å²) in [4.78, 5) is 24.7. The molecule has 1 saturated heterocycles. The quantitative estimate of drug-likeness (QED) is 0.882. The minimum atomic E-state index is -1.27. The van der Waals surface area contributed by atoms with Crippen molar-refractivity contribution in [3.8, 4) is 0 Å². The zero-order chi connectivity index (χ0) is 15.6. The van der Waals surface area contributed by atoms with Gasteiger partial charge in [0, 0.05) is 20.1 Å². The summed E-state index contributed by atoms with van der Waals surface area (Å²) >= 11 is 0. The molecule has 114 valence electrons. The molecular formula is C15H19FN2O3. The predicted molar refractivity (Wildman–Crippen MR) is 75.4 cm³/mol. The average molecular weight is 294 g/mol. The van der Waals surface area contributed by atoms with E-state index in [1.165, 1.54) is 12.1 Å². The third-order valence-corrected chi connectivity index (χ3v) is 4.00. The summed E-state index contributed by atoms with van der Waals surface area (Å²) in [7, 11) is 1.62. The molecule has 1 aromatic rings. The number of amides is 1. The smallest absolute Gasteiger partial charge is 0.338 e. The summed E-state index contributed by atoms with van der Waals surface area (Å²) in [5.41, 5.74) is -0.0390. The van der Waals surface area contributed by atoms with Gasteiger partial charge in [-0.1, -0.05) is 6.07 Å². The Labute approximate surface area is 122 Å². The van der Waals surface area contributed by atoms with E-state index in [4.69, 9.17) is 5.11 Å². The molecule has 1 unspecified atom stereocenters. The van der Waals surface area contributed by atoms with Gasteiger partial charge in [0.15, 0.2) is 0 Å². The van der Waals surface area contributed by atoms with Crippen LogP contribution in [0.15, 0.2) is 18.2 Å². The van der Waals surface area contributed by atoms with Crippen LogP contribution in [0.1, 0.15) is 29.3 Å². The first-order valence-corrected chi connectivity index (χ1v) is 6.82. The van der Waals surface area contributed by atoms with Gasteiger partial charge in [-0.2, -0.15) is 0 Å². The highest BCUT2D eigenvalue weighted by Crippen LogP contribution is 2.31. The average Bonchev–Trinajstić information content (AvgIpc) is 2.80. The number of aromatic carboxylic acids is 1. The molecule has 1 atom stereocenters. The van der Waals surface area contributed by atoms with Crippen LogP contribution in [-0.2, 0) is 11.3 Å². The molecule has 1 heterocycles. The van der Waals surface area contributed by atoms with Crippen molar-refractivity contribution in [1.29, 1.82) is 0 Å². The van der Waals surface area contributed by atoms with Gasteiger partial charge in [0.2, 0.25) is 5.91 Å². The van der Waals surface area contributed by atoms with Gasteiger partial charge in [0.25, 0.3) is 0 Å². The summed E-state index contributed by atoms with van der Waals surface area (Å²) in [6.45, 7) is 3.78. The summed E-state index contributed by atoms with van der Waals surface area (Å²) in [5, 5.41) is 11.5. The number of hydrogen-bond donors (Lipinski definition) is 2. The normalized spacial score (nSPS) is 22.2. The number of likely N-dealkylation sites (tertiary alicyclic amines) is 1. The van der Waals surface area contributed by atoms with E-state index in [2.05, 4.69) is 10.2 Å². The standard InChI is InChI=1S/C15H19FN2O3/c1-15(14(21)17-2)5-6-18(9-15)8-10-3-4-11(13(19)20)12(16)7-10/h3-4,7H,5-6,8-9H2,1-2H3,(H,17,21)(H,19,20). The van der Waals surface area contributed by atoms with Crippen LogP contribution in [-0.4, -0.2) is 42.0 Å². The lowest BCUT2D eigenvalue weighted by Crippen LogP contribution is -2.39. The van der Waals surface area contributed by atoms with Gasteiger partial charge in [0.05, 0.1) is 11.0 Å². The Morgan fingerprint density at radius 1 is 1.48 bits per heavy atom. The van der Waals surface area contributed by atoms with Gasteiger partial charge in [-0.3, -0.25) is 9.69 Å². The van der Waals surface area contributed by atoms with Crippen molar-refractivity contribution in [3.05, 3.63) is 35.1 Å². The van der Waals surface area contributed by atoms with Crippen molar-refractivity contribution >= 4 is 11.9 Å².